The zero-order chi connectivity index (χ0) is 20.8. The molecule has 2 aromatic rings. The summed E-state index contributed by atoms with van der Waals surface area (Å²) < 4.78 is 6.03. The van der Waals surface area contributed by atoms with E-state index in [1.165, 1.54) is 17.7 Å². The molecule has 1 aliphatic rings. The number of hydrogen-bond donors (Lipinski definition) is 1. The van der Waals surface area contributed by atoms with Crippen LogP contribution in [0.15, 0.2) is 42.5 Å². The van der Waals surface area contributed by atoms with E-state index in [2.05, 4.69) is 5.32 Å². The maximum absolute atomic E-state index is 12.3. The van der Waals surface area contributed by atoms with Crippen LogP contribution in [0.3, 0.4) is 0 Å². The summed E-state index contributed by atoms with van der Waals surface area (Å²) in [4.78, 5) is 25.8. The van der Waals surface area contributed by atoms with Crippen LogP contribution in [0.4, 0.5) is 5.69 Å². The average Bonchev–Trinajstić information content (AvgIpc) is 3.19. The highest BCUT2D eigenvalue weighted by atomic mass is 35.5. The summed E-state index contributed by atoms with van der Waals surface area (Å²) in [5, 5.41) is 3.16. The summed E-state index contributed by atoms with van der Waals surface area (Å²) in [6, 6.07) is 12.9. The monoisotopic (exact) mass is 414 g/mol. The van der Waals surface area contributed by atoms with Crippen molar-refractivity contribution in [2.75, 3.05) is 19.4 Å². The quantitative estimate of drug-likeness (QED) is 0.698. The molecule has 1 N–H and O–H groups in total. The molecule has 0 radical (unpaired) electrons. The first kappa shape index (κ1) is 21.2. The number of halogens is 1. The van der Waals surface area contributed by atoms with Crippen molar-refractivity contribution in [2.45, 2.75) is 44.6 Å². The van der Waals surface area contributed by atoms with Gasteiger partial charge in [0.15, 0.2) is 0 Å². The summed E-state index contributed by atoms with van der Waals surface area (Å²) >= 11 is 6.20. The summed E-state index contributed by atoms with van der Waals surface area (Å²) in [5.74, 6) is 0.602. The highest BCUT2D eigenvalue weighted by Gasteiger charge is 2.17. The minimum absolute atomic E-state index is 0.102. The predicted octanol–water partition coefficient (Wildman–Crippen LogP) is 4.93. The van der Waals surface area contributed by atoms with Gasteiger partial charge in [-0.2, -0.15) is 0 Å². The smallest absolute Gasteiger partial charge is 0.254 e. The summed E-state index contributed by atoms with van der Waals surface area (Å²) in [6.45, 7) is 0. The highest BCUT2D eigenvalue weighted by molar-refractivity contribution is 6.34. The summed E-state index contributed by atoms with van der Waals surface area (Å²) in [5.41, 5.74) is 2.06. The van der Waals surface area contributed by atoms with E-state index in [9.17, 15) is 9.59 Å². The third-order valence-corrected chi connectivity index (χ3v) is 5.35. The Kier molecular flexibility index (Phi) is 7.15. The number of amides is 2. The fraction of sp³-hybridized carbons (Fsp3) is 0.391. The van der Waals surface area contributed by atoms with Crippen molar-refractivity contribution in [2.24, 2.45) is 0 Å². The van der Waals surface area contributed by atoms with E-state index in [0.29, 0.717) is 35.2 Å². The third-order valence-electron chi connectivity index (χ3n) is 5.03. The highest BCUT2D eigenvalue weighted by Crippen LogP contribution is 2.25. The SMILES string of the molecule is CN(C)C(=O)c1ccc(NC(=O)CCc2cccc(OC3CCCC3)c2)cc1Cl. The van der Waals surface area contributed by atoms with Crippen molar-refractivity contribution in [3.8, 4) is 5.75 Å². The fourth-order valence-corrected chi connectivity index (χ4v) is 3.72. The number of nitrogens with one attached hydrogen (secondary N) is 1. The molecule has 0 aliphatic heterocycles. The van der Waals surface area contributed by atoms with Crippen LogP contribution in [0, 0.1) is 0 Å². The molecule has 29 heavy (non-hydrogen) atoms. The van der Waals surface area contributed by atoms with Crippen molar-refractivity contribution in [3.63, 3.8) is 0 Å². The van der Waals surface area contributed by atoms with Crippen LogP contribution in [-0.4, -0.2) is 36.9 Å². The number of ether oxygens (including phenoxy) is 1. The number of benzene rings is 2. The van der Waals surface area contributed by atoms with Gasteiger partial charge in [-0.15, -0.1) is 0 Å². The minimum atomic E-state index is -0.174. The normalized spacial score (nSPS) is 13.9. The second kappa shape index (κ2) is 9.79. The first-order valence-corrected chi connectivity index (χ1v) is 10.4. The molecule has 1 saturated carbocycles. The second-order valence-corrected chi connectivity index (χ2v) is 8.02. The topological polar surface area (TPSA) is 58.6 Å². The lowest BCUT2D eigenvalue weighted by Gasteiger charge is -2.14. The van der Waals surface area contributed by atoms with E-state index in [1.54, 1.807) is 32.3 Å². The number of aryl methyl sites for hydroxylation is 1. The lowest BCUT2D eigenvalue weighted by Crippen LogP contribution is -2.22. The molecule has 0 unspecified atom stereocenters. The van der Waals surface area contributed by atoms with E-state index in [0.717, 1.165) is 24.2 Å². The van der Waals surface area contributed by atoms with Gasteiger partial charge in [0.05, 0.1) is 16.7 Å². The largest absolute Gasteiger partial charge is 0.490 e. The molecule has 2 amide bonds. The predicted molar refractivity (Wildman–Crippen MR) is 116 cm³/mol. The number of rotatable bonds is 7. The number of carbonyl (C=O) groups excluding carboxylic acids is 2. The van der Waals surface area contributed by atoms with Crippen LogP contribution in [0.2, 0.25) is 5.02 Å². The Labute approximate surface area is 177 Å². The van der Waals surface area contributed by atoms with Crippen LogP contribution in [0.1, 0.15) is 48.0 Å². The van der Waals surface area contributed by atoms with E-state index in [-0.39, 0.29) is 11.8 Å². The lowest BCUT2D eigenvalue weighted by atomic mass is 10.1. The molecule has 0 saturated heterocycles. The van der Waals surface area contributed by atoms with E-state index in [1.807, 2.05) is 24.3 Å². The summed E-state index contributed by atoms with van der Waals surface area (Å²) in [6.07, 6.45) is 6.00. The van der Waals surface area contributed by atoms with Gasteiger partial charge in [-0.25, -0.2) is 0 Å². The second-order valence-electron chi connectivity index (χ2n) is 7.61. The number of hydrogen-bond acceptors (Lipinski definition) is 3. The van der Waals surface area contributed by atoms with Gasteiger partial charge < -0.3 is 15.0 Å². The van der Waals surface area contributed by atoms with Gasteiger partial charge in [-0.3, -0.25) is 9.59 Å². The Morgan fingerprint density at radius 2 is 1.90 bits per heavy atom. The molecular weight excluding hydrogens is 388 g/mol. The molecule has 6 heteroatoms. The Morgan fingerprint density at radius 1 is 1.14 bits per heavy atom. The van der Waals surface area contributed by atoms with Crippen LogP contribution in [-0.2, 0) is 11.2 Å². The molecule has 0 bridgehead atoms. The first-order chi connectivity index (χ1) is 13.9. The molecule has 0 heterocycles. The Morgan fingerprint density at radius 3 is 2.59 bits per heavy atom. The Hall–Kier alpha value is -2.53. The van der Waals surface area contributed by atoms with Crippen LogP contribution >= 0.6 is 11.6 Å². The van der Waals surface area contributed by atoms with Gasteiger partial charge in [-0.1, -0.05) is 23.7 Å². The minimum Gasteiger partial charge on any atom is -0.490 e. The van der Waals surface area contributed by atoms with Gasteiger partial charge in [0.25, 0.3) is 5.91 Å². The number of nitrogens with zero attached hydrogens (tertiary/aromatic N) is 1. The van der Waals surface area contributed by atoms with Gasteiger partial charge in [0.2, 0.25) is 5.91 Å². The standard InChI is InChI=1S/C23H27ClN2O3/c1-26(2)23(28)20-12-11-17(15-21(20)24)25-22(27)13-10-16-6-5-9-19(14-16)29-18-7-3-4-8-18/h5-6,9,11-12,14-15,18H,3-4,7-8,10,13H2,1-2H3,(H,25,27). The zero-order valence-electron chi connectivity index (χ0n) is 16.9. The van der Waals surface area contributed by atoms with Crippen molar-refractivity contribution in [1.82, 2.24) is 4.90 Å². The Bertz CT molecular complexity index is 876. The molecule has 2 aromatic carbocycles. The molecule has 0 aromatic heterocycles. The molecule has 5 nitrogen and oxygen atoms in total. The molecule has 0 atom stereocenters. The first-order valence-electron chi connectivity index (χ1n) is 9.99. The van der Waals surface area contributed by atoms with E-state index >= 15 is 0 Å². The molecule has 154 valence electrons. The third kappa shape index (κ3) is 5.97. The van der Waals surface area contributed by atoms with Crippen molar-refractivity contribution in [1.29, 1.82) is 0 Å². The van der Waals surface area contributed by atoms with Gasteiger partial charge in [0, 0.05) is 26.2 Å². The van der Waals surface area contributed by atoms with Crippen LogP contribution in [0.25, 0.3) is 0 Å². The summed E-state index contributed by atoms with van der Waals surface area (Å²) in [7, 11) is 3.34. The number of anilines is 1. The lowest BCUT2D eigenvalue weighted by molar-refractivity contribution is -0.116. The van der Waals surface area contributed by atoms with Crippen molar-refractivity contribution < 1.29 is 14.3 Å². The molecule has 3 rings (SSSR count). The van der Waals surface area contributed by atoms with E-state index in [4.69, 9.17) is 16.3 Å². The van der Waals surface area contributed by atoms with Gasteiger partial charge in [-0.05, 0) is 68.0 Å². The van der Waals surface area contributed by atoms with Crippen molar-refractivity contribution >= 4 is 29.1 Å². The van der Waals surface area contributed by atoms with Gasteiger partial charge in [0.1, 0.15) is 5.75 Å². The van der Waals surface area contributed by atoms with Crippen molar-refractivity contribution in [3.05, 3.63) is 58.6 Å². The molecule has 1 fully saturated rings. The maximum Gasteiger partial charge on any atom is 0.254 e. The molecule has 1 aliphatic carbocycles. The Balaban J connectivity index is 1.53. The maximum atomic E-state index is 12.3. The fourth-order valence-electron chi connectivity index (χ4n) is 3.46. The van der Waals surface area contributed by atoms with Gasteiger partial charge >= 0.3 is 0 Å². The average molecular weight is 415 g/mol. The van der Waals surface area contributed by atoms with Crippen LogP contribution < -0.4 is 10.1 Å². The zero-order valence-corrected chi connectivity index (χ0v) is 17.7. The molecular formula is C23H27ClN2O3. The number of carbonyl (C=O) groups is 2. The van der Waals surface area contributed by atoms with Crippen LogP contribution in [0.5, 0.6) is 5.75 Å². The van der Waals surface area contributed by atoms with E-state index < -0.39 is 0 Å². The molecule has 0 spiro atoms.